The van der Waals surface area contributed by atoms with E-state index in [9.17, 15) is 18.3 Å². The molecule has 0 aliphatic carbocycles. The number of aliphatic carboxylic acids is 1. The number of aryl methyl sites for hydroxylation is 2. The number of likely N-dealkylation sites (N-methyl/N-ethyl adjacent to an activating group) is 1. The molecule has 0 amide bonds. The first kappa shape index (κ1) is 18.2. The van der Waals surface area contributed by atoms with Crippen LogP contribution in [-0.4, -0.2) is 36.9 Å². The van der Waals surface area contributed by atoms with E-state index in [4.69, 9.17) is 0 Å². The molecule has 0 saturated heterocycles. The van der Waals surface area contributed by atoms with Gasteiger partial charge in [0.1, 0.15) is 6.04 Å². The van der Waals surface area contributed by atoms with Crippen molar-refractivity contribution >= 4 is 16.0 Å². The lowest BCUT2D eigenvalue weighted by molar-refractivity contribution is -0.141. The standard InChI is InChI=1S/C18H21NO4S/c1-13-9-10-15(11-14(13)2)12-17(18(20)21)19(3)24(22,23)16-7-5-4-6-8-16/h4-11,17H,12H2,1-3H3,(H,20,21). The largest absolute Gasteiger partial charge is 0.480 e. The molecule has 2 aromatic rings. The second-order valence-corrected chi connectivity index (χ2v) is 7.81. The van der Waals surface area contributed by atoms with Gasteiger partial charge in [-0.05, 0) is 49.1 Å². The van der Waals surface area contributed by atoms with Crippen LogP contribution in [0.3, 0.4) is 0 Å². The number of hydrogen-bond donors (Lipinski definition) is 1. The summed E-state index contributed by atoms with van der Waals surface area (Å²) < 4.78 is 26.2. The third-order valence-electron chi connectivity index (χ3n) is 4.14. The van der Waals surface area contributed by atoms with Gasteiger partial charge in [-0.1, -0.05) is 36.4 Å². The molecule has 0 spiro atoms. The van der Waals surface area contributed by atoms with Gasteiger partial charge < -0.3 is 5.11 Å². The number of carboxylic acids is 1. The molecule has 1 unspecified atom stereocenters. The first-order chi connectivity index (χ1) is 11.2. The fraction of sp³-hybridized carbons (Fsp3) is 0.278. The normalized spacial score (nSPS) is 13.0. The maximum atomic E-state index is 12.7. The van der Waals surface area contributed by atoms with Gasteiger partial charge in [-0.15, -0.1) is 0 Å². The first-order valence-corrected chi connectivity index (χ1v) is 8.99. The molecular weight excluding hydrogens is 326 g/mol. The van der Waals surface area contributed by atoms with Crippen LogP contribution in [0, 0.1) is 13.8 Å². The van der Waals surface area contributed by atoms with E-state index < -0.39 is 22.0 Å². The number of benzene rings is 2. The molecule has 1 atom stereocenters. The smallest absolute Gasteiger partial charge is 0.322 e. The summed E-state index contributed by atoms with van der Waals surface area (Å²) >= 11 is 0. The van der Waals surface area contributed by atoms with Crippen LogP contribution < -0.4 is 0 Å². The van der Waals surface area contributed by atoms with E-state index in [-0.39, 0.29) is 11.3 Å². The zero-order chi connectivity index (χ0) is 17.9. The lowest BCUT2D eigenvalue weighted by atomic mass is 10.0. The number of carboxylic acid groups (broad SMARTS) is 1. The van der Waals surface area contributed by atoms with E-state index in [1.54, 1.807) is 18.2 Å². The summed E-state index contributed by atoms with van der Waals surface area (Å²) in [5.41, 5.74) is 2.95. The Labute approximate surface area is 142 Å². The molecule has 0 aromatic heterocycles. The molecule has 0 heterocycles. The van der Waals surface area contributed by atoms with Crippen LogP contribution in [0.15, 0.2) is 53.4 Å². The van der Waals surface area contributed by atoms with Crippen molar-refractivity contribution in [2.45, 2.75) is 31.2 Å². The highest BCUT2D eigenvalue weighted by Gasteiger charge is 2.32. The molecule has 6 heteroatoms. The van der Waals surface area contributed by atoms with Crippen LogP contribution in [-0.2, 0) is 21.2 Å². The number of hydrogen-bond acceptors (Lipinski definition) is 3. The van der Waals surface area contributed by atoms with Crippen LogP contribution in [0.4, 0.5) is 0 Å². The molecule has 0 radical (unpaired) electrons. The Morgan fingerprint density at radius 2 is 1.71 bits per heavy atom. The van der Waals surface area contributed by atoms with E-state index >= 15 is 0 Å². The van der Waals surface area contributed by atoms with E-state index in [0.29, 0.717) is 0 Å². The minimum absolute atomic E-state index is 0.0823. The van der Waals surface area contributed by atoms with Crippen molar-refractivity contribution in [1.29, 1.82) is 0 Å². The van der Waals surface area contributed by atoms with Crippen molar-refractivity contribution in [2.24, 2.45) is 0 Å². The van der Waals surface area contributed by atoms with E-state index in [0.717, 1.165) is 21.0 Å². The fourth-order valence-electron chi connectivity index (χ4n) is 2.45. The summed E-state index contributed by atoms with van der Waals surface area (Å²) in [6.07, 6.45) is 0.110. The van der Waals surface area contributed by atoms with Gasteiger partial charge in [-0.2, -0.15) is 4.31 Å². The molecule has 2 rings (SSSR count). The van der Waals surface area contributed by atoms with Crippen LogP contribution in [0.5, 0.6) is 0 Å². The Bertz CT molecular complexity index is 831. The van der Waals surface area contributed by atoms with Gasteiger partial charge in [-0.3, -0.25) is 4.79 Å². The molecular formula is C18H21NO4S. The van der Waals surface area contributed by atoms with Crippen LogP contribution in [0.25, 0.3) is 0 Å². The quantitative estimate of drug-likeness (QED) is 0.872. The number of carbonyl (C=O) groups is 1. The highest BCUT2D eigenvalue weighted by Crippen LogP contribution is 2.20. The van der Waals surface area contributed by atoms with Crippen molar-refractivity contribution in [3.63, 3.8) is 0 Å². The SMILES string of the molecule is Cc1ccc(CC(C(=O)O)N(C)S(=O)(=O)c2ccccc2)cc1C. The number of nitrogens with zero attached hydrogens (tertiary/aromatic N) is 1. The van der Waals surface area contributed by atoms with Crippen LogP contribution in [0.1, 0.15) is 16.7 Å². The summed E-state index contributed by atoms with van der Waals surface area (Å²) in [6, 6.07) is 12.3. The van der Waals surface area contributed by atoms with E-state index in [1.165, 1.54) is 19.2 Å². The predicted octanol–water partition coefficient (Wildman–Crippen LogP) is 2.62. The van der Waals surface area contributed by atoms with Crippen molar-refractivity contribution in [3.8, 4) is 0 Å². The summed E-state index contributed by atoms with van der Waals surface area (Å²) in [6.45, 7) is 3.92. The molecule has 0 fully saturated rings. The maximum Gasteiger partial charge on any atom is 0.322 e. The summed E-state index contributed by atoms with van der Waals surface area (Å²) in [5.74, 6) is -1.17. The zero-order valence-electron chi connectivity index (χ0n) is 13.9. The summed E-state index contributed by atoms with van der Waals surface area (Å²) in [7, 11) is -2.56. The molecule has 1 N–H and O–H groups in total. The molecule has 24 heavy (non-hydrogen) atoms. The average molecular weight is 347 g/mol. The monoisotopic (exact) mass is 347 g/mol. The van der Waals surface area contributed by atoms with Gasteiger partial charge in [0.05, 0.1) is 4.90 Å². The fourth-order valence-corrected chi connectivity index (χ4v) is 3.78. The van der Waals surface area contributed by atoms with Gasteiger partial charge in [0, 0.05) is 7.05 Å². The van der Waals surface area contributed by atoms with Crippen molar-refractivity contribution < 1.29 is 18.3 Å². The minimum Gasteiger partial charge on any atom is -0.480 e. The lowest BCUT2D eigenvalue weighted by Crippen LogP contribution is -2.43. The molecule has 128 valence electrons. The molecule has 0 aliphatic heterocycles. The number of rotatable bonds is 6. The van der Waals surface area contributed by atoms with E-state index in [1.807, 2.05) is 32.0 Å². The number of sulfonamides is 1. The van der Waals surface area contributed by atoms with Crippen molar-refractivity contribution in [1.82, 2.24) is 4.31 Å². The highest BCUT2D eigenvalue weighted by atomic mass is 32.2. The second-order valence-electron chi connectivity index (χ2n) is 5.81. The molecule has 2 aromatic carbocycles. The van der Waals surface area contributed by atoms with Gasteiger partial charge >= 0.3 is 5.97 Å². The molecule has 0 saturated carbocycles. The van der Waals surface area contributed by atoms with Crippen molar-refractivity contribution in [3.05, 3.63) is 65.2 Å². The molecule has 5 nitrogen and oxygen atoms in total. The molecule has 0 bridgehead atoms. The third-order valence-corrected chi connectivity index (χ3v) is 6.03. The Kier molecular flexibility index (Phi) is 5.41. The Morgan fingerprint density at radius 3 is 2.25 bits per heavy atom. The predicted molar refractivity (Wildman–Crippen MR) is 92.4 cm³/mol. The van der Waals surface area contributed by atoms with Crippen LogP contribution in [0.2, 0.25) is 0 Å². The van der Waals surface area contributed by atoms with Gasteiger partial charge in [-0.25, -0.2) is 8.42 Å². The Balaban J connectivity index is 2.33. The molecule has 0 aliphatic rings. The van der Waals surface area contributed by atoms with Crippen molar-refractivity contribution in [2.75, 3.05) is 7.05 Å². The third kappa shape index (κ3) is 3.83. The lowest BCUT2D eigenvalue weighted by Gasteiger charge is -2.24. The summed E-state index contributed by atoms with van der Waals surface area (Å²) in [4.78, 5) is 11.8. The van der Waals surface area contributed by atoms with Gasteiger partial charge in [0.2, 0.25) is 10.0 Å². The maximum absolute atomic E-state index is 12.7. The van der Waals surface area contributed by atoms with E-state index in [2.05, 4.69) is 0 Å². The highest BCUT2D eigenvalue weighted by molar-refractivity contribution is 7.89. The van der Waals surface area contributed by atoms with Gasteiger partial charge in [0.15, 0.2) is 0 Å². The zero-order valence-corrected chi connectivity index (χ0v) is 14.7. The minimum atomic E-state index is -3.87. The Morgan fingerprint density at radius 1 is 1.08 bits per heavy atom. The van der Waals surface area contributed by atoms with Crippen LogP contribution >= 0.6 is 0 Å². The second kappa shape index (κ2) is 7.15. The van der Waals surface area contributed by atoms with Gasteiger partial charge in [0.25, 0.3) is 0 Å². The topological polar surface area (TPSA) is 74.7 Å². The first-order valence-electron chi connectivity index (χ1n) is 7.55. The summed E-state index contributed by atoms with van der Waals surface area (Å²) in [5, 5.41) is 9.53. The Hall–Kier alpha value is -2.18. The average Bonchev–Trinajstić information content (AvgIpc) is 2.55.